The van der Waals surface area contributed by atoms with E-state index in [0.29, 0.717) is 37.5 Å². The van der Waals surface area contributed by atoms with Crippen LogP contribution in [0.1, 0.15) is 44.6 Å². The molecule has 1 N–H and O–H groups in total. The van der Waals surface area contributed by atoms with E-state index >= 15 is 0 Å². The second-order valence-electron chi connectivity index (χ2n) is 9.22. The van der Waals surface area contributed by atoms with Crippen LogP contribution in [-0.2, 0) is 22.4 Å². The third kappa shape index (κ3) is 4.85. The molecule has 1 amide bonds. The first-order chi connectivity index (χ1) is 17.8. The number of methoxy groups -OCH3 is 1. The summed E-state index contributed by atoms with van der Waals surface area (Å²) < 4.78 is 6.61. The summed E-state index contributed by atoms with van der Waals surface area (Å²) in [6.45, 7) is 6.11. The van der Waals surface area contributed by atoms with E-state index in [4.69, 9.17) is 9.72 Å². The number of fused-ring (bicyclic) bond motifs is 2. The summed E-state index contributed by atoms with van der Waals surface area (Å²) in [5.74, 6) is -0.123. The Labute approximate surface area is 226 Å². The van der Waals surface area contributed by atoms with Crippen LogP contribution in [0, 0.1) is 19.8 Å². The van der Waals surface area contributed by atoms with Crippen LogP contribution < -0.4 is 10.9 Å². The van der Waals surface area contributed by atoms with Gasteiger partial charge in [-0.3, -0.25) is 14.2 Å². The molecule has 0 saturated heterocycles. The second-order valence-corrected chi connectivity index (χ2v) is 12.5. The van der Waals surface area contributed by atoms with Crippen molar-refractivity contribution in [3.05, 3.63) is 67.1 Å². The molecular formula is C27H27N3O4S3. The molecule has 7 nitrogen and oxygen atoms in total. The first-order valence-electron chi connectivity index (χ1n) is 12.0. The average Bonchev–Trinajstić information content (AvgIpc) is 3.38. The summed E-state index contributed by atoms with van der Waals surface area (Å²) in [6, 6.07) is 9.33. The van der Waals surface area contributed by atoms with E-state index < -0.39 is 5.97 Å². The Kier molecular flexibility index (Phi) is 7.24. The third-order valence-corrected chi connectivity index (χ3v) is 9.88. The summed E-state index contributed by atoms with van der Waals surface area (Å²) in [6.07, 6.45) is 2.69. The van der Waals surface area contributed by atoms with Gasteiger partial charge in [-0.2, -0.15) is 0 Å². The number of thiophene rings is 2. The number of para-hydroxylation sites is 1. The van der Waals surface area contributed by atoms with E-state index in [1.54, 1.807) is 4.57 Å². The van der Waals surface area contributed by atoms with Crippen molar-refractivity contribution in [3.8, 4) is 5.69 Å². The number of hydrogen-bond donors (Lipinski definition) is 1. The number of benzene rings is 1. The van der Waals surface area contributed by atoms with Crippen LogP contribution >= 0.6 is 34.4 Å². The first kappa shape index (κ1) is 25.7. The number of anilines is 1. The highest BCUT2D eigenvalue weighted by Gasteiger charge is 2.29. The van der Waals surface area contributed by atoms with Gasteiger partial charge in [-0.25, -0.2) is 9.78 Å². The highest BCUT2D eigenvalue weighted by molar-refractivity contribution is 7.99. The second kappa shape index (κ2) is 10.4. The molecule has 0 saturated carbocycles. The smallest absolute Gasteiger partial charge is 0.341 e. The largest absolute Gasteiger partial charge is 0.465 e. The molecular weight excluding hydrogens is 527 g/mol. The van der Waals surface area contributed by atoms with Gasteiger partial charge < -0.3 is 10.1 Å². The van der Waals surface area contributed by atoms with Crippen LogP contribution in [-0.4, -0.2) is 34.3 Å². The van der Waals surface area contributed by atoms with Crippen molar-refractivity contribution < 1.29 is 14.3 Å². The van der Waals surface area contributed by atoms with Crippen LogP contribution in [0.15, 0.2) is 40.3 Å². The fourth-order valence-corrected chi connectivity index (χ4v) is 7.92. The number of rotatable bonds is 6. The normalized spacial score (nSPS) is 15.0. The molecule has 1 aliphatic carbocycles. The highest BCUT2D eigenvalue weighted by atomic mass is 32.2. The Hall–Kier alpha value is -2.95. The maximum atomic E-state index is 13.6. The first-order valence-corrected chi connectivity index (χ1v) is 14.6. The number of carbonyl (C=O) groups is 2. The lowest BCUT2D eigenvalue weighted by atomic mass is 9.88. The minimum Gasteiger partial charge on any atom is -0.465 e. The van der Waals surface area contributed by atoms with Gasteiger partial charge in [-0.1, -0.05) is 36.9 Å². The van der Waals surface area contributed by atoms with Gasteiger partial charge >= 0.3 is 5.97 Å². The quantitative estimate of drug-likeness (QED) is 0.185. The Bertz CT molecular complexity index is 1570. The molecule has 4 aromatic rings. The summed E-state index contributed by atoms with van der Waals surface area (Å²) in [5.41, 5.74) is 2.95. The predicted molar refractivity (Wildman–Crippen MR) is 151 cm³/mol. The molecule has 1 atom stereocenters. The van der Waals surface area contributed by atoms with Gasteiger partial charge in [0.2, 0.25) is 5.91 Å². The third-order valence-electron chi connectivity index (χ3n) is 6.67. The van der Waals surface area contributed by atoms with E-state index in [1.165, 1.54) is 41.5 Å². The number of hydrogen-bond acceptors (Lipinski definition) is 8. The minimum absolute atomic E-state index is 0.0354. The molecule has 192 valence electrons. The van der Waals surface area contributed by atoms with Gasteiger partial charge in [-0.05, 0) is 62.3 Å². The number of carbonyl (C=O) groups excluding carboxylic acids is 2. The summed E-state index contributed by atoms with van der Waals surface area (Å²) in [7, 11) is 1.36. The van der Waals surface area contributed by atoms with Crippen molar-refractivity contribution >= 4 is 61.5 Å². The Balaban J connectivity index is 1.45. The maximum absolute atomic E-state index is 13.6. The Morgan fingerprint density at radius 2 is 1.97 bits per heavy atom. The lowest BCUT2D eigenvalue weighted by Crippen LogP contribution is -2.23. The lowest BCUT2D eigenvalue weighted by molar-refractivity contribution is -0.113. The van der Waals surface area contributed by atoms with E-state index in [9.17, 15) is 14.4 Å². The summed E-state index contributed by atoms with van der Waals surface area (Å²) in [5, 5.41) is 4.53. The van der Waals surface area contributed by atoms with Crippen molar-refractivity contribution in [2.24, 2.45) is 5.92 Å². The number of aryl methyl sites for hydroxylation is 2. The summed E-state index contributed by atoms with van der Waals surface area (Å²) >= 11 is 4.14. The van der Waals surface area contributed by atoms with Crippen molar-refractivity contribution in [3.63, 3.8) is 0 Å². The van der Waals surface area contributed by atoms with Crippen LogP contribution in [0.2, 0.25) is 0 Å². The molecule has 1 aromatic carbocycles. The molecule has 0 bridgehead atoms. The molecule has 3 aromatic heterocycles. The number of esters is 1. The van der Waals surface area contributed by atoms with Crippen molar-refractivity contribution in [1.82, 2.24) is 9.55 Å². The minimum atomic E-state index is -0.427. The SMILES string of the molecule is COC(=O)c1c(NC(=O)CSc2nc3sc(C)c(C)c3c(=O)n2-c2ccccc2)sc2c1CC[C@H](C)C2. The maximum Gasteiger partial charge on any atom is 0.341 e. The molecule has 0 aliphatic heterocycles. The fourth-order valence-electron chi connectivity index (χ4n) is 4.63. The molecule has 37 heavy (non-hydrogen) atoms. The van der Waals surface area contributed by atoms with Gasteiger partial charge in [0.15, 0.2) is 5.16 Å². The predicted octanol–water partition coefficient (Wildman–Crippen LogP) is 5.77. The monoisotopic (exact) mass is 553 g/mol. The molecule has 0 fully saturated rings. The summed E-state index contributed by atoms with van der Waals surface area (Å²) in [4.78, 5) is 46.9. The average molecular weight is 554 g/mol. The Morgan fingerprint density at radius 1 is 1.22 bits per heavy atom. The van der Waals surface area contributed by atoms with Gasteiger partial charge in [0, 0.05) is 9.75 Å². The van der Waals surface area contributed by atoms with Gasteiger partial charge in [0.05, 0.1) is 29.5 Å². The topological polar surface area (TPSA) is 90.3 Å². The number of thioether (sulfide) groups is 1. The number of aromatic nitrogens is 2. The van der Waals surface area contributed by atoms with Gasteiger partial charge in [0.25, 0.3) is 5.56 Å². The zero-order valence-electron chi connectivity index (χ0n) is 21.0. The lowest BCUT2D eigenvalue weighted by Gasteiger charge is -2.18. The van der Waals surface area contributed by atoms with Crippen LogP contribution in [0.4, 0.5) is 5.00 Å². The van der Waals surface area contributed by atoms with Crippen molar-refractivity contribution in [1.29, 1.82) is 0 Å². The van der Waals surface area contributed by atoms with E-state index in [0.717, 1.165) is 40.1 Å². The van der Waals surface area contributed by atoms with Gasteiger partial charge in [0.1, 0.15) is 9.83 Å². The molecule has 5 rings (SSSR count). The molecule has 3 heterocycles. The molecule has 1 aliphatic rings. The number of ether oxygens (including phenoxy) is 1. The zero-order valence-corrected chi connectivity index (χ0v) is 23.5. The van der Waals surface area contributed by atoms with Gasteiger partial charge in [-0.15, -0.1) is 22.7 Å². The molecule has 0 unspecified atom stereocenters. The Morgan fingerprint density at radius 3 is 2.70 bits per heavy atom. The van der Waals surface area contributed by atoms with E-state index in [1.807, 2.05) is 44.2 Å². The van der Waals surface area contributed by atoms with Crippen LogP contribution in [0.5, 0.6) is 0 Å². The highest BCUT2D eigenvalue weighted by Crippen LogP contribution is 2.40. The number of nitrogens with zero attached hydrogens (tertiary/aromatic N) is 2. The van der Waals surface area contributed by atoms with Crippen molar-refractivity contribution in [2.45, 2.75) is 45.2 Å². The number of amides is 1. The molecule has 0 radical (unpaired) electrons. The molecule has 10 heteroatoms. The van der Waals surface area contributed by atoms with E-state index in [-0.39, 0.29) is 17.2 Å². The zero-order chi connectivity index (χ0) is 26.3. The van der Waals surface area contributed by atoms with E-state index in [2.05, 4.69) is 12.2 Å². The fraction of sp³-hybridized carbons (Fsp3) is 0.333. The van der Waals surface area contributed by atoms with Crippen LogP contribution in [0.25, 0.3) is 15.9 Å². The van der Waals surface area contributed by atoms with Crippen LogP contribution in [0.3, 0.4) is 0 Å². The standard InChI is InChI=1S/C27H27N3O4S3/c1-14-10-11-18-19(12-14)37-24(22(18)26(33)34-4)28-20(31)13-35-27-29-23-21(15(2)16(3)36-23)25(32)30(27)17-8-6-5-7-9-17/h5-9,14H,10-13H2,1-4H3,(H,28,31)/t14-/m0/s1. The van der Waals surface area contributed by atoms with Crippen molar-refractivity contribution in [2.75, 3.05) is 18.2 Å². The molecule has 0 spiro atoms. The number of nitrogens with one attached hydrogen (secondary N) is 1.